The van der Waals surface area contributed by atoms with E-state index in [-0.39, 0.29) is 0 Å². The lowest BCUT2D eigenvalue weighted by Crippen LogP contribution is -2.44. The lowest BCUT2D eigenvalue weighted by molar-refractivity contribution is 0.144. The number of piperazine rings is 1. The zero-order valence-corrected chi connectivity index (χ0v) is 27.4. The highest BCUT2D eigenvalue weighted by atomic mass is 32.2. The Hall–Kier alpha value is -3.55. The second-order valence-electron chi connectivity index (χ2n) is 11.6. The molecule has 0 aliphatic carbocycles. The third-order valence-electron chi connectivity index (χ3n) is 8.26. The predicted octanol–water partition coefficient (Wildman–Crippen LogP) is 4.50. The summed E-state index contributed by atoms with van der Waals surface area (Å²) in [6, 6.07) is 6.98. The van der Waals surface area contributed by atoms with Crippen LogP contribution in [-0.2, 0) is 14.8 Å². The summed E-state index contributed by atoms with van der Waals surface area (Å²) < 4.78 is 39.2. The molecule has 45 heavy (non-hydrogen) atoms. The van der Waals surface area contributed by atoms with Gasteiger partial charge in [0.25, 0.3) is 0 Å². The van der Waals surface area contributed by atoms with Gasteiger partial charge in [-0.1, -0.05) is 37.3 Å². The van der Waals surface area contributed by atoms with E-state index < -0.39 is 10.0 Å². The standard InChI is InChI=1S/C33H45N7O4S/c1-5-26(24-39-19-17-38(3)18-20-39)10-9-25(2)35-33-36-31-30(32(37-33)44-22-21-43-4)29(23-34-31)27-11-13-28(14-12-27)45(41,42)40-15-7-6-8-16-40/h5,9-14,23H,1,6-8,15-22,24H2,2-4H3,(H2,34,35,36,37)/b25-9+,26-10+. The molecule has 2 fully saturated rings. The van der Waals surface area contributed by atoms with Crippen molar-refractivity contribution >= 4 is 27.0 Å². The molecular weight excluding hydrogens is 590 g/mol. The number of allylic oxidation sites excluding steroid dienone is 3. The van der Waals surface area contributed by atoms with Crippen molar-refractivity contribution in [1.82, 2.24) is 29.1 Å². The molecule has 0 saturated carbocycles. The fourth-order valence-corrected chi connectivity index (χ4v) is 7.09. The van der Waals surface area contributed by atoms with Gasteiger partial charge >= 0.3 is 0 Å². The SMILES string of the molecule is C=C/C(=C\C=C(/C)Nc1nc(OCCOC)c2c(-c3ccc(S(=O)(=O)N4CCCCC4)cc3)c[nH]c2n1)CN1CCN(C)CC1. The van der Waals surface area contributed by atoms with Crippen LogP contribution in [0.25, 0.3) is 22.2 Å². The molecule has 2 aliphatic rings. The zero-order chi connectivity index (χ0) is 31.8. The Bertz CT molecular complexity index is 1620. The average Bonchev–Trinajstić information content (AvgIpc) is 3.49. The number of methoxy groups -OCH3 is 1. The van der Waals surface area contributed by atoms with Gasteiger partial charge in [0.15, 0.2) is 0 Å². The van der Waals surface area contributed by atoms with E-state index in [4.69, 9.17) is 19.4 Å². The molecule has 0 bridgehead atoms. The Morgan fingerprint density at radius 3 is 2.44 bits per heavy atom. The molecule has 11 nitrogen and oxygen atoms in total. The Labute approximate surface area is 266 Å². The highest BCUT2D eigenvalue weighted by Crippen LogP contribution is 2.35. The van der Waals surface area contributed by atoms with Crippen LogP contribution >= 0.6 is 0 Å². The predicted molar refractivity (Wildman–Crippen MR) is 179 cm³/mol. The molecular formula is C33H45N7O4S. The Balaban J connectivity index is 1.37. The largest absolute Gasteiger partial charge is 0.475 e. The van der Waals surface area contributed by atoms with Gasteiger partial charge in [-0.25, -0.2) is 8.42 Å². The van der Waals surface area contributed by atoms with E-state index in [0.29, 0.717) is 54.1 Å². The molecule has 0 radical (unpaired) electrons. The van der Waals surface area contributed by atoms with E-state index in [0.717, 1.165) is 74.4 Å². The molecule has 3 aromatic rings. The van der Waals surface area contributed by atoms with E-state index in [1.54, 1.807) is 23.5 Å². The van der Waals surface area contributed by atoms with Crippen molar-refractivity contribution in [3.05, 3.63) is 66.5 Å². The molecule has 0 amide bonds. The number of likely N-dealkylation sites (N-methyl/N-ethyl adjacent to an activating group) is 1. The van der Waals surface area contributed by atoms with Gasteiger partial charge in [0, 0.05) is 70.4 Å². The molecule has 0 spiro atoms. The summed E-state index contributed by atoms with van der Waals surface area (Å²) in [6.45, 7) is 12.9. The molecule has 2 aromatic heterocycles. The van der Waals surface area contributed by atoms with E-state index >= 15 is 0 Å². The summed E-state index contributed by atoms with van der Waals surface area (Å²) in [6.07, 6.45) is 10.7. The molecule has 4 heterocycles. The van der Waals surface area contributed by atoms with Crippen LogP contribution in [0.3, 0.4) is 0 Å². The molecule has 0 atom stereocenters. The second kappa shape index (κ2) is 15.2. The number of H-pyrrole nitrogens is 1. The summed E-state index contributed by atoms with van der Waals surface area (Å²) >= 11 is 0. The van der Waals surface area contributed by atoms with Crippen LogP contribution in [0.2, 0.25) is 0 Å². The first-order valence-corrected chi connectivity index (χ1v) is 17.0. The first kappa shape index (κ1) is 32.8. The Morgan fingerprint density at radius 2 is 1.76 bits per heavy atom. The minimum absolute atomic E-state index is 0.298. The highest BCUT2D eigenvalue weighted by Gasteiger charge is 2.26. The highest BCUT2D eigenvalue weighted by molar-refractivity contribution is 7.89. The maximum absolute atomic E-state index is 13.2. The van der Waals surface area contributed by atoms with E-state index in [9.17, 15) is 8.42 Å². The fraction of sp³-hybridized carbons (Fsp3) is 0.455. The maximum atomic E-state index is 13.2. The normalized spacial score (nSPS) is 17.9. The van der Waals surface area contributed by atoms with Crippen LogP contribution in [0.4, 0.5) is 5.95 Å². The lowest BCUT2D eigenvalue weighted by Gasteiger charge is -2.32. The number of aromatic amines is 1. The smallest absolute Gasteiger partial charge is 0.243 e. The molecule has 2 saturated heterocycles. The van der Waals surface area contributed by atoms with Gasteiger partial charge in [-0.15, -0.1) is 0 Å². The van der Waals surface area contributed by atoms with Crippen LogP contribution in [0, 0.1) is 0 Å². The zero-order valence-electron chi connectivity index (χ0n) is 26.6. The van der Waals surface area contributed by atoms with E-state index in [2.05, 4.69) is 39.8 Å². The number of hydrogen-bond acceptors (Lipinski definition) is 9. The molecule has 5 rings (SSSR count). The number of nitrogens with zero attached hydrogens (tertiary/aromatic N) is 5. The van der Waals surface area contributed by atoms with Crippen LogP contribution in [0.1, 0.15) is 26.2 Å². The number of rotatable bonds is 13. The van der Waals surface area contributed by atoms with Crippen LogP contribution < -0.4 is 10.1 Å². The van der Waals surface area contributed by atoms with Gasteiger partial charge in [0.05, 0.1) is 16.9 Å². The van der Waals surface area contributed by atoms with Gasteiger partial charge in [0.2, 0.25) is 21.9 Å². The first-order chi connectivity index (χ1) is 21.8. The maximum Gasteiger partial charge on any atom is 0.243 e. The molecule has 242 valence electrons. The number of hydrogen-bond donors (Lipinski definition) is 2. The quantitative estimate of drug-likeness (QED) is 0.207. The van der Waals surface area contributed by atoms with Gasteiger partial charge in [-0.2, -0.15) is 14.3 Å². The van der Waals surface area contributed by atoms with Crippen LogP contribution in [0.15, 0.2) is 71.4 Å². The number of ether oxygens (including phenoxy) is 2. The monoisotopic (exact) mass is 635 g/mol. The van der Waals surface area contributed by atoms with Gasteiger partial charge in [0.1, 0.15) is 12.3 Å². The van der Waals surface area contributed by atoms with Crippen molar-refractivity contribution in [3.63, 3.8) is 0 Å². The fourth-order valence-electron chi connectivity index (χ4n) is 5.57. The number of fused-ring (bicyclic) bond motifs is 1. The third kappa shape index (κ3) is 8.19. The van der Waals surface area contributed by atoms with Crippen molar-refractivity contribution in [2.75, 3.05) is 78.5 Å². The average molecular weight is 636 g/mol. The molecule has 2 N–H and O–H groups in total. The van der Waals surface area contributed by atoms with E-state index in [1.165, 1.54) is 0 Å². The minimum atomic E-state index is -3.52. The minimum Gasteiger partial charge on any atom is -0.475 e. The Kier molecular flexibility index (Phi) is 11.1. The number of nitrogens with one attached hydrogen (secondary N) is 2. The molecule has 0 unspecified atom stereocenters. The van der Waals surface area contributed by atoms with Gasteiger partial charge in [-0.3, -0.25) is 4.90 Å². The van der Waals surface area contributed by atoms with Crippen molar-refractivity contribution in [3.8, 4) is 17.0 Å². The first-order valence-electron chi connectivity index (χ1n) is 15.6. The van der Waals surface area contributed by atoms with Crippen molar-refractivity contribution in [2.45, 2.75) is 31.1 Å². The van der Waals surface area contributed by atoms with Gasteiger partial charge in [-0.05, 0) is 56.2 Å². The van der Waals surface area contributed by atoms with Gasteiger partial charge < -0.3 is 24.7 Å². The topological polar surface area (TPSA) is 116 Å². The molecule has 2 aliphatic heterocycles. The summed E-state index contributed by atoms with van der Waals surface area (Å²) in [7, 11) is 0.260. The number of anilines is 1. The summed E-state index contributed by atoms with van der Waals surface area (Å²) in [5.74, 6) is 0.804. The summed E-state index contributed by atoms with van der Waals surface area (Å²) in [5.41, 5.74) is 4.26. The number of sulfonamides is 1. The van der Waals surface area contributed by atoms with Crippen LogP contribution in [-0.4, -0.2) is 111 Å². The van der Waals surface area contributed by atoms with Crippen LogP contribution in [0.5, 0.6) is 5.88 Å². The summed E-state index contributed by atoms with van der Waals surface area (Å²) in [4.78, 5) is 17.8. The Morgan fingerprint density at radius 1 is 1.02 bits per heavy atom. The molecule has 1 aromatic carbocycles. The third-order valence-corrected chi connectivity index (χ3v) is 10.2. The lowest BCUT2D eigenvalue weighted by atomic mass is 10.1. The van der Waals surface area contributed by atoms with Crippen molar-refractivity contribution < 1.29 is 17.9 Å². The number of benzene rings is 1. The van der Waals surface area contributed by atoms with Crippen molar-refractivity contribution in [1.29, 1.82) is 0 Å². The number of piperidine rings is 1. The molecule has 12 heteroatoms. The summed E-state index contributed by atoms with van der Waals surface area (Å²) in [5, 5.41) is 4.01. The number of aromatic nitrogens is 3. The van der Waals surface area contributed by atoms with Crippen molar-refractivity contribution in [2.24, 2.45) is 0 Å². The van der Waals surface area contributed by atoms with E-state index in [1.807, 2.05) is 37.4 Å². The second-order valence-corrected chi connectivity index (χ2v) is 13.5.